The van der Waals surface area contributed by atoms with Gasteiger partial charge >= 0.3 is 0 Å². The number of aromatic nitrogens is 2. The van der Waals surface area contributed by atoms with Gasteiger partial charge in [0.2, 0.25) is 0 Å². The predicted molar refractivity (Wildman–Crippen MR) is 97.9 cm³/mol. The minimum absolute atomic E-state index is 0.0516. The van der Waals surface area contributed by atoms with Crippen molar-refractivity contribution in [1.82, 2.24) is 15.3 Å². The largest absolute Gasteiger partial charge is 0.356 e. The number of hydrogen-bond donors (Lipinski definition) is 1. The molecule has 128 valence electrons. The number of piperidine rings is 1. The molecule has 0 saturated carbocycles. The van der Waals surface area contributed by atoms with E-state index < -0.39 is 0 Å². The number of anilines is 1. The molecule has 0 aromatic carbocycles. The van der Waals surface area contributed by atoms with E-state index >= 15 is 0 Å². The Morgan fingerprint density at radius 1 is 1.29 bits per heavy atom. The summed E-state index contributed by atoms with van der Waals surface area (Å²) in [5.74, 6) is 1.45. The normalized spacial score (nSPS) is 15.8. The molecule has 6 heteroatoms. The summed E-state index contributed by atoms with van der Waals surface area (Å²) in [4.78, 5) is 25.3. The zero-order chi connectivity index (χ0) is 17.1. The molecule has 24 heavy (non-hydrogen) atoms. The second-order valence-electron chi connectivity index (χ2n) is 6.60. The first-order valence-electron chi connectivity index (χ1n) is 8.47. The molecule has 0 aliphatic carbocycles. The van der Waals surface area contributed by atoms with E-state index in [1.165, 1.54) is 4.88 Å². The lowest BCUT2D eigenvalue weighted by atomic mass is 10.0. The topological polar surface area (TPSA) is 58.1 Å². The van der Waals surface area contributed by atoms with Crippen molar-refractivity contribution in [3.8, 4) is 0 Å². The van der Waals surface area contributed by atoms with Gasteiger partial charge in [-0.1, -0.05) is 13.8 Å². The molecular weight excluding hydrogens is 320 g/mol. The van der Waals surface area contributed by atoms with E-state index in [9.17, 15) is 4.79 Å². The molecule has 2 aromatic heterocycles. The van der Waals surface area contributed by atoms with Crippen LogP contribution in [-0.4, -0.2) is 35.0 Å². The molecule has 1 amide bonds. The Labute approximate surface area is 147 Å². The Balaban J connectivity index is 1.56. The van der Waals surface area contributed by atoms with Gasteiger partial charge in [0.15, 0.2) is 0 Å². The van der Waals surface area contributed by atoms with Crippen LogP contribution in [0.4, 0.5) is 5.82 Å². The van der Waals surface area contributed by atoms with E-state index in [2.05, 4.69) is 40.1 Å². The van der Waals surface area contributed by atoms with Gasteiger partial charge in [0.25, 0.3) is 5.91 Å². The van der Waals surface area contributed by atoms with Crippen LogP contribution < -0.4 is 10.2 Å². The van der Waals surface area contributed by atoms with Crippen LogP contribution in [0.1, 0.15) is 52.8 Å². The summed E-state index contributed by atoms with van der Waals surface area (Å²) in [6, 6.07) is 6.21. The van der Waals surface area contributed by atoms with Crippen molar-refractivity contribution in [3.05, 3.63) is 40.0 Å². The monoisotopic (exact) mass is 344 g/mol. The maximum absolute atomic E-state index is 12.3. The summed E-state index contributed by atoms with van der Waals surface area (Å²) in [5.41, 5.74) is 1.07. The lowest BCUT2D eigenvalue weighted by Gasteiger charge is -2.33. The molecule has 0 spiro atoms. The predicted octanol–water partition coefficient (Wildman–Crippen LogP) is 3.37. The van der Waals surface area contributed by atoms with Crippen molar-refractivity contribution in [2.24, 2.45) is 0 Å². The van der Waals surface area contributed by atoms with Gasteiger partial charge in [0.05, 0.1) is 4.88 Å². The zero-order valence-electron chi connectivity index (χ0n) is 14.5. The Hall–Kier alpha value is -1.95. The molecule has 3 rings (SSSR count). The molecule has 0 atom stereocenters. The van der Waals surface area contributed by atoms with E-state index in [4.69, 9.17) is 0 Å². The number of hydrogen-bond acceptors (Lipinski definition) is 5. The third-order valence-electron chi connectivity index (χ3n) is 4.38. The molecule has 0 unspecified atom stereocenters. The second kappa shape index (κ2) is 7.30. The lowest BCUT2D eigenvalue weighted by Crippen LogP contribution is -2.44. The maximum Gasteiger partial charge on any atom is 0.261 e. The SMILES string of the molecule is Cc1ccc(C(=O)NC2CCN(c3cc(C(C)C)ncn3)CC2)s1. The molecule has 3 heterocycles. The molecule has 1 aliphatic rings. The van der Waals surface area contributed by atoms with E-state index in [1.54, 1.807) is 17.7 Å². The number of nitrogens with one attached hydrogen (secondary N) is 1. The molecule has 1 N–H and O–H groups in total. The molecule has 2 aromatic rings. The van der Waals surface area contributed by atoms with Crippen LogP contribution in [0.3, 0.4) is 0 Å². The molecule has 5 nitrogen and oxygen atoms in total. The summed E-state index contributed by atoms with van der Waals surface area (Å²) in [6.45, 7) is 8.11. The Morgan fingerprint density at radius 3 is 2.67 bits per heavy atom. The van der Waals surface area contributed by atoms with Gasteiger partial charge in [0, 0.05) is 35.8 Å². The van der Waals surface area contributed by atoms with Crippen molar-refractivity contribution < 1.29 is 4.79 Å². The average Bonchev–Trinajstić information content (AvgIpc) is 3.02. The highest BCUT2D eigenvalue weighted by Crippen LogP contribution is 2.21. The van der Waals surface area contributed by atoms with Crippen LogP contribution in [0.2, 0.25) is 0 Å². The molecule has 1 fully saturated rings. The molecule has 0 bridgehead atoms. The molecule has 1 aliphatic heterocycles. The molecule has 1 saturated heterocycles. The van der Waals surface area contributed by atoms with Gasteiger partial charge in [0.1, 0.15) is 12.1 Å². The third-order valence-corrected chi connectivity index (χ3v) is 5.38. The molecular formula is C18H24N4OS. The van der Waals surface area contributed by atoms with E-state index in [0.717, 1.165) is 42.3 Å². The number of amides is 1. The second-order valence-corrected chi connectivity index (χ2v) is 7.89. The van der Waals surface area contributed by atoms with Crippen LogP contribution in [0.5, 0.6) is 0 Å². The fraction of sp³-hybridized carbons (Fsp3) is 0.500. The Morgan fingerprint density at radius 2 is 2.04 bits per heavy atom. The number of carbonyl (C=O) groups is 1. The van der Waals surface area contributed by atoms with Crippen LogP contribution in [0.15, 0.2) is 24.5 Å². The molecule has 0 radical (unpaired) electrons. The van der Waals surface area contributed by atoms with Gasteiger partial charge < -0.3 is 10.2 Å². The first-order valence-corrected chi connectivity index (χ1v) is 9.29. The first kappa shape index (κ1) is 16.9. The number of thiophene rings is 1. The van der Waals surface area contributed by atoms with Crippen molar-refractivity contribution >= 4 is 23.1 Å². The van der Waals surface area contributed by atoms with E-state index in [0.29, 0.717) is 5.92 Å². The summed E-state index contributed by atoms with van der Waals surface area (Å²) in [6.07, 6.45) is 3.53. The summed E-state index contributed by atoms with van der Waals surface area (Å²) >= 11 is 1.55. The Kier molecular flexibility index (Phi) is 5.14. The summed E-state index contributed by atoms with van der Waals surface area (Å²) < 4.78 is 0. The van der Waals surface area contributed by atoms with Gasteiger partial charge in [-0.25, -0.2) is 9.97 Å². The number of aryl methyl sites for hydroxylation is 1. The number of nitrogens with zero attached hydrogens (tertiary/aromatic N) is 3. The van der Waals surface area contributed by atoms with Gasteiger partial charge in [-0.15, -0.1) is 11.3 Å². The van der Waals surface area contributed by atoms with Crippen molar-refractivity contribution in [2.75, 3.05) is 18.0 Å². The van der Waals surface area contributed by atoms with E-state index in [1.807, 2.05) is 19.1 Å². The lowest BCUT2D eigenvalue weighted by molar-refractivity contribution is 0.0935. The third kappa shape index (κ3) is 3.93. The maximum atomic E-state index is 12.3. The van der Waals surface area contributed by atoms with Crippen LogP contribution in [0.25, 0.3) is 0 Å². The van der Waals surface area contributed by atoms with Crippen molar-refractivity contribution in [3.63, 3.8) is 0 Å². The highest BCUT2D eigenvalue weighted by molar-refractivity contribution is 7.13. The van der Waals surface area contributed by atoms with Crippen LogP contribution in [-0.2, 0) is 0 Å². The fourth-order valence-corrected chi connectivity index (χ4v) is 3.69. The summed E-state index contributed by atoms with van der Waals surface area (Å²) in [5, 5.41) is 3.16. The zero-order valence-corrected chi connectivity index (χ0v) is 15.3. The number of carbonyl (C=O) groups excluding carboxylic acids is 1. The Bertz CT molecular complexity index is 705. The van der Waals surface area contributed by atoms with Gasteiger partial charge in [-0.2, -0.15) is 0 Å². The van der Waals surface area contributed by atoms with Crippen LogP contribution >= 0.6 is 11.3 Å². The van der Waals surface area contributed by atoms with E-state index in [-0.39, 0.29) is 11.9 Å². The fourth-order valence-electron chi connectivity index (χ4n) is 2.92. The smallest absolute Gasteiger partial charge is 0.261 e. The van der Waals surface area contributed by atoms with Crippen LogP contribution in [0, 0.1) is 6.92 Å². The minimum atomic E-state index is 0.0516. The highest BCUT2D eigenvalue weighted by Gasteiger charge is 2.22. The van der Waals surface area contributed by atoms with Crippen molar-refractivity contribution in [2.45, 2.75) is 45.6 Å². The number of rotatable bonds is 4. The highest BCUT2D eigenvalue weighted by atomic mass is 32.1. The first-order chi connectivity index (χ1) is 11.5. The van der Waals surface area contributed by atoms with Gasteiger partial charge in [-0.3, -0.25) is 4.79 Å². The average molecular weight is 344 g/mol. The summed E-state index contributed by atoms with van der Waals surface area (Å²) in [7, 11) is 0. The quantitative estimate of drug-likeness (QED) is 0.924. The van der Waals surface area contributed by atoms with Gasteiger partial charge in [-0.05, 0) is 37.8 Å². The van der Waals surface area contributed by atoms with Crippen molar-refractivity contribution in [1.29, 1.82) is 0 Å². The standard InChI is InChI=1S/C18H24N4OS/c1-12(2)15-10-17(20-11-19-15)22-8-6-14(7-9-22)21-18(23)16-5-4-13(3)24-16/h4-5,10-12,14H,6-9H2,1-3H3,(H,21,23). The minimum Gasteiger partial charge on any atom is -0.356 e.